The maximum absolute atomic E-state index is 11.8. The average molecular weight is 403 g/mol. The predicted octanol–water partition coefficient (Wildman–Crippen LogP) is 5.92. The topological polar surface area (TPSA) is 37.3 Å². The summed E-state index contributed by atoms with van der Waals surface area (Å²) in [7, 11) is 0. The number of rotatable bonds is 6. The summed E-state index contributed by atoms with van der Waals surface area (Å²) < 4.78 is 1.40. The molecule has 0 aliphatic carbocycles. The molecule has 1 N–H and O–H groups in total. The van der Waals surface area contributed by atoms with Gasteiger partial charge in [0.05, 0.1) is 10.5 Å². The van der Waals surface area contributed by atoms with Crippen molar-refractivity contribution < 1.29 is 9.90 Å². The molecule has 0 aromatic heterocycles. The molecule has 0 radical (unpaired) electrons. The zero-order chi connectivity index (χ0) is 16.1. The molecule has 1 aromatic carbocycles. The smallest absolute Gasteiger partial charge is 0.310 e. The van der Waals surface area contributed by atoms with Gasteiger partial charge in [-0.2, -0.15) is 0 Å². The zero-order valence-electron chi connectivity index (χ0n) is 13.0. The maximum atomic E-state index is 11.8. The Morgan fingerprint density at radius 2 is 2.00 bits per heavy atom. The fourth-order valence-corrected chi connectivity index (χ4v) is 5.99. The third kappa shape index (κ3) is 4.93. The maximum Gasteiger partial charge on any atom is 0.310 e. The Hall–Kier alpha value is -0.130. The number of carboxylic acids is 1. The number of hydrogen-bond acceptors (Lipinski definition) is 3. The number of hydrogen-bond donors (Lipinski definition) is 1. The zero-order valence-corrected chi connectivity index (χ0v) is 16.3. The highest BCUT2D eigenvalue weighted by atomic mass is 79.9. The first-order valence-corrected chi connectivity index (χ1v) is 10.6. The molecule has 1 atom stereocenters. The first-order chi connectivity index (χ1) is 10.5. The highest BCUT2D eigenvalue weighted by Gasteiger charge is 2.27. The number of halogens is 1. The summed E-state index contributed by atoms with van der Waals surface area (Å²) in [4.78, 5) is 11.8. The summed E-state index contributed by atoms with van der Waals surface area (Å²) in [6, 6.07) is 6.10. The fraction of sp³-hybridized carbons (Fsp3) is 0.588. The SMILES string of the molecule is CC(C)CCC(C(=O)O)c1ccc(Br)cc1C1SCCCS1. The Morgan fingerprint density at radius 1 is 1.32 bits per heavy atom. The molecule has 1 unspecified atom stereocenters. The fourth-order valence-electron chi connectivity index (χ4n) is 2.65. The normalized spacial score (nSPS) is 17.6. The van der Waals surface area contributed by atoms with Crippen molar-refractivity contribution >= 4 is 45.4 Å². The Morgan fingerprint density at radius 3 is 2.59 bits per heavy atom. The van der Waals surface area contributed by atoms with Gasteiger partial charge in [-0.3, -0.25) is 4.79 Å². The molecule has 1 aliphatic heterocycles. The summed E-state index contributed by atoms with van der Waals surface area (Å²) in [5, 5.41) is 9.71. The van der Waals surface area contributed by atoms with Crippen LogP contribution in [0.5, 0.6) is 0 Å². The van der Waals surface area contributed by atoms with Gasteiger partial charge in [-0.15, -0.1) is 23.5 Å². The van der Waals surface area contributed by atoms with Crippen LogP contribution in [-0.4, -0.2) is 22.6 Å². The second-order valence-electron chi connectivity index (χ2n) is 6.06. The van der Waals surface area contributed by atoms with Crippen LogP contribution < -0.4 is 0 Å². The molecular weight excluding hydrogens is 380 g/mol. The van der Waals surface area contributed by atoms with Gasteiger partial charge in [-0.05, 0) is 59.9 Å². The summed E-state index contributed by atoms with van der Waals surface area (Å²) in [6.07, 6.45) is 2.89. The van der Waals surface area contributed by atoms with E-state index in [0.717, 1.165) is 28.0 Å². The minimum atomic E-state index is -0.699. The number of aliphatic carboxylic acids is 1. The van der Waals surface area contributed by atoms with Crippen molar-refractivity contribution in [2.75, 3.05) is 11.5 Å². The van der Waals surface area contributed by atoms with Gasteiger partial charge in [0, 0.05) is 4.47 Å². The molecule has 1 saturated heterocycles. The van der Waals surface area contributed by atoms with E-state index in [1.807, 2.05) is 35.7 Å². The van der Waals surface area contributed by atoms with E-state index in [1.54, 1.807) is 0 Å². The van der Waals surface area contributed by atoms with Crippen molar-refractivity contribution in [3.05, 3.63) is 33.8 Å². The van der Waals surface area contributed by atoms with E-state index in [-0.39, 0.29) is 0 Å². The highest BCUT2D eigenvalue weighted by molar-refractivity contribution is 9.10. The molecule has 2 rings (SSSR count). The number of carbonyl (C=O) groups is 1. The number of carboxylic acid groups (broad SMARTS) is 1. The molecule has 5 heteroatoms. The van der Waals surface area contributed by atoms with Crippen LogP contribution in [0.4, 0.5) is 0 Å². The summed E-state index contributed by atoms with van der Waals surface area (Å²) in [5.41, 5.74) is 2.20. The average Bonchev–Trinajstić information content (AvgIpc) is 2.49. The molecule has 1 heterocycles. The molecule has 1 aliphatic rings. The van der Waals surface area contributed by atoms with Crippen molar-refractivity contribution in [1.82, 2.24) is 0 Å². The van der Waals surface area contributed by atoms with Gasteiger partial charge in [0.1, 0.15) is 0 Å². The van der Waals surface area contributed by atoms with Crippen LogP contribution >= 0.6 is 39.5 Å². The van der Waals surface area contributed by atoms with Crippen molar-refractivity contribution in [2.45, 2.75) is 43.6 Å². The van der Waals surface area contributed by atoms with Gasteiger partial charge in [0.25, 0.3) is 0 Å². The van der Waals surface area contributed by atoms with Crippen LogP contribution in [0.15, 0.2) is 22.7 Å². The van der Waals surface area contributed by atoms with E-state index in [4.69, 9.17) is 0 Å². The van der Waals surface area contributed by atoms with Gasteiger partial charge in [-0.1, -0.05) is 35.8 Å². The second-order valence-corrected chi connectivity index (χ2v) is 9.70. The van der Waals surface area contributed by atoms with E-state index in [0.29, 0.717) is 16.9 Å². The van der Waals surface area contributed by atoms with Gasteiger partial charge >= 0.3 is 5.97 Å². The van der Waals surface area contributed by atoms with Crippen LogP contribution in [0.25, 0.3) is 0 Å². The molecule has 0 spiro atoms. The van der Waals surface area contributed by atoms with E-state index < -0.39 is 11.9 Å². The van der Waals surface area contributed by atoms with Gasteiger partial charge < -0.3 is 5.11 Å². The van der Waals surface area contributed by atoms with Gasteiger partial charge in [0.15, 0.2) is 0 Å². The van der Waals surface area contributed by atoms with Gasteiger partial charge in [0.2, 0.25) is 0 Å². The Kier molecular flexibility index (Phi) is 7.16. The minimum Gasteiger partial charge on any atom is -0.481 e. The van der Waals surface area contributed by atoms with Crippen LogP contribution in [0, 0.1) is 5.92 Å². The predicted molar refractivity (Wildman–Crippen MR) is 101 cm³/mol. The first-order valence-electron chi connectivity index (χ1n) is 7.74. The summed E-state index contributed by atoms with van der Waals surface area (Å²) >= 11 is 7.43. The molecule has 1 fully saturated rings. The second kappa shape index (κ2) is 8.65. The number of benzene rings is 1. The molecule has 1 aromatic rings. The lowest BCUT2D eigenvalue weighted by atomic mass is 9.89. The van der Waals surface area contributed by atoms with Crippen LogP contribution in [0.3, 0.4) is 0 Å². The van der Waals surface area contributed by atoms with E-state index in [2.05, 4.69) is 35.8 Å². The van der Waals surface area contributed by atoms with Crippen molar-refractivity contribution in [1.29, 1.82) is 0 Å². The molecule has 0 amide bonds. The Bertz CT molecular complexity index is 513. The molecular formula is C17H23BrO2S2. The number of thioether (sulfide) groups is 2. The van der Waals surface area contributed by atoms with Crippen LogP contribution in [-0.2, 0) is 4.79 Å². The Labute approximate surface area is 150 Å². The largest absolute Gasteiger partial charge is 0.481 e. The third-order valence-corrected chi connectivity index (χ3v) is 7.31. The standard InChI is InChI=1S/C17H23BrO2S2/c1-11(2)4-6-14(16(19)20)13-7-5-12(18)10-15(13)17-21-8-3-9-22-17/h5,7,10-11,14,17H,3-4,6,8-9H2,1-2H3,(H,19,20). The van der Waals surface area contributed by atoms with E-state index in [9.17, 15) is 9.90 Å². The van der Waals surface area contributed by atoms with E-state index in [1.165, 1.54) is 12.0 Å². The lowest BCUT2D eigenvalue weighted by molar-refractivity contribution is -0.139. The van der Waals surface area contributed by atoms with Crippen molar-refractivity contribution in [3.8, 4) is 0 Å². The van der Waals surface area contributed by atoms with E-state index >= 15 is 0 Å². The van der Waals surface area contributed by atoms with Crippen molar-refractivity contribution in [3.63, 3.8) is 0 Å². The monoisotopic (exact) mass is 402 g/mol. The molecule has 0 bridgehead atoms. The molecule has 0 saturated carbocycles. The molecule has 22 heavy (non-hydrogen) atoms. The molecule has 122 valence electrons. The quantitative estimate of drug-likeness (QED) is 0.640. The summed E-state index contributed by atoms with van der Waals surface area (Å²) in [6.45, 7) is 4.29. The molecule has 2 nitrogen and oxygen atoms in total. The lowest BCUT2D eigenvalue weighted by Gasteiger charge is -2.26. The summed E-state index contributed by atoms with van der Waals surface area (Å²) in [5.74, 6) is 1.75. The highest BCUT2D eigenvalue weighted by Crippen LogP contribution is 2.47. The lowest BCUT2D eigenvalue weighted by Crippen LogP contribution is -2.16. The first kappa shape index (κ1) is 18.2. The van der Waals surface area contributed by atoms with Crippen LogP contribution in [0.1, 0.15) is 54.7 Å². The van der Waals surface area contributed by atoms with Gasteiger partial charge in [-0.25, -0.2) is 0 Å². The minimum absolute atomic E-state index is 0.363. The van der Waals surface area contributed by atoms with Crippen molar-refractivity contribution in [2.24, 2.45) is 5.92 Å². The Balaban J connectivity index is 2.31. The third-order valence-electron chi connectivity index (χ3n) is 3.84. The van der Waals surface area contributed by atoms with Crippen LogP contribution in [0.2, 0.25) is 0 Å².